The van der Waals surface area contributed by atoms with E-state index in [0.717, 1.165) is 42.9 Å². The maximum absolute atomic E-state index is 13.4. The predicted octanol–water partition coefficient (Wildman–Crippen LogP) is 5.49. The molecule has 0 saturated carbocycles. The summed E-state index contributed by atoms with van der Waals surface area (Å²) >= 11 is 0. The largest absolute Gasteiger partial charge is 0.490 e. The Labute approximate surface area is 189 Å². The van der Waals surface area contributed by atoms with Crippen LogP contribution in [-0.2, 0) is 11.2 Å². The van der Waals surface area contributed by atoms with Gasteiger partial charge in [-0.1, -0.05) is 44.2 Å². The van der Waals surface area contributed by atoms with Gasteiger partial charge in [0.2, 0.25) is 0 Å². The quantitative estimate of drug-likeness (QED) is 0.603. The number of Topliss-reactive ketones (excluding diaryl/α,β-unsaturated/α-hetero) is 1. The van der Waals surface area contributed by atoms with Crippen LogP contribution in [0.5, 0.6) is 11.5 Å². The van der Waals surface area contributed by atoms with E-state index in [0.29, 0.717) is 25.4 Å². The number of fused-ring (bicyclic) bond motifs is 5. The van der Waals surface area contributed by atoms with Gasteiger partial charge in [0.15, 0.2) is 17.3 Å². The van der Waals surface area contributed by atoms with Gasteiger partial charge in [-0.3, -0.25) is 4.79 Å². The van der Waals surface area contributed by atoms with E-state index >= 15 is 0 Å². The van der Waals surface area contributed by atoms with Crippen molar-refractivity contribution in [2.75, 3.05) is 19.8 Å². The molecular formula is C28H29NO3. The molecule has 6 rings (SSSR count). The van der Waals surface area contributed by atoms with Gasteiger partial charge in [-0.2, -0.15) is 0 Å². The third-order valence-corrected chi connectivity index (χ3v) is 7.16. The number of allylic oxidation sites excluding steroid dienone is 3. The second-order valence-electron chi connectivity index (χ2n) is 10.1. The van der Waals surface area contributed by atoms with Gasteiger partial charge >= 0.3 is 0 Å². The summed E-state index contributed by atoms with van der Waals surface area (Å²) in [6, 6.07) is 14.8. The molecule has 1 atom stereocenters. The number of rotatable bonds is 1. The number of hydrogen-bond acceptors (Lipinski definition) is 4. The highest BCUT2D eigenvalue weighted by Gasteiger charge is 2.42. The first-order valence-electron chi connectivity index (χ1n) is 11.7. The summed E-state index contributed by atoms with van der Waals surface area (Å²) in [7, 11) is 0. The first kappa shape index (κ1) is 19.7. The zero-order chi connectivity index (χ0) is 21.9. The summed E-state index contributed by atoms with van der Waals surface area (Å²) < 4.78 is 12.0. The van der Waals surface area contributed by atoms with E-state index in [4.69, 9.17) is 9.47 Å². The Kier molecular flexibility index (Phi) is 4.46. The minimum absolute atomic E-state index is 0.0111. The van der Waals surface area contributed by atoms with Crippen LogP contribution in [0.3, 0.4) is 0 Å². The van der Waals surface area contributed by atoms with Crippen LogP contribution < -0.4 is 9.47 Å². The van der Waals surface area contributed by atoms with Crippen molar-refractivity contribution in [2.45, 2.75) is 45.4 Å². The molecule has 0 saturated heterocycles. The summed E-state index contributed by atoms with van der Waals surface area (Å²) in [5.41, 5.74) is 7.09. The molecule has 4 nitrogen and oxygen atoms in total. The van der Waals surface area contributed by atoms with Crippen LogP contribution in [0.25, 0.3) is 5.70 Å². The molecule has 1 unspecified atom stereocenters. The van der Waals surface area contributed by atoms with E-state index in [-0.39, 0.29) is 11.3 Å². The molecule has 0 N–H and O–H groups in total. The standard InChI is InChI=1S/C28H29NO3/c1-28(2)16-23-27(24(30)17-28)21(18-7-4-3-5-8-18)14-22-20-15-26-25(31-11-6-12-32-26)13-19(20)9-10-29(22)23/h3-5,7-8,13-15,21H,6,9-12,16-17H2,1-2H3. The molecule has 4 heteroatoms. The maximum atomic E-state index is 13.4. The van der Waals surface area contributed by atoms with Gasteiger partial charge in [0.1, 0.15) is 0 Å². The number of carbonyl (C=O) groups excluding carboxylic acids is 1. The van der Waals surface area contributed by atoms with Crippen LogP contribution >= 0.6 is 0 Å². The lowest BCUT2D eigenvalue weighted by atomic mass is 9.69. The fraction of sp³-hybridized carbons (Fsp3) is 0.393. The Morgan fingerprint density at radius 2 is 1.75 bits per heavy atom. The van der Waals surface area contributed by atoms with Crippen LogP contribution in [-0.4, -0.2) is 30.4 Å². The lowest BCUT2D eigenvalue weighted by molar-refractivity contribution is -0.118. The molecule has 0 spiro atoms. The monoisotopic (exact) mass is 427 g/mol. The minimum atomic E-state index is -0.0232. The normalized spacial score (nSPS) is 23.6. The van der Waals surface area contributed by atoms with Gasteiger partial charge in [-0.05, 0) is 47.6 Å². The Hall–Kier alpha value is -3.01. The molecule has 0 radical (unpaired) electrons. The first-order chi connectivity index (χ1) is 15.5. The number of nitrogens with zero attached hydrogens (tertiary/aromatic N) is 1. The molecule has 2 aromatic rings. The van der Waals surface area contributed by atoms with Crippen LogP contribution in [0.2, 0.25) is 0 Å². The predicted molar refractivity (Wildman–Crippen MR) is 125 cm³/mol. The van der Waals surface area contributed by atoms with Crippen molar-refractivity contribution in [1.82, 2.24) is 4.90 Å². The summed E-state index contributed by atoms with van der Waals surface area (Å²) in [6.07, 6.45) is 5.69. The molecule has 0 bridgehead atoms. The molecule has 0 amide bonds. The van der Waals surface area contributed by atoms with Crippen LogP contribution in [0.15, 0.2) is 59.8 Å². The average molecular weight is 428 g/mol. The fourth-order valence-corrected chi connectivity index (χ4v) is 5.71. The number of carbonyl (C=O) groups is 1. The molecule has 32 heavy (non-hydrogen) atoms. The smallest absolute Gasteiger partial charge is 0.162 e. The Balaban J connectivity index is 1.53. The summed E-state index contributed by atoms with van der Waals surface area (Å²) in [6.45, 7) is 6.70. The Morgan fingerprint density at radius 1 is 1.00 bits per heavy atom. The van der Waals surface area contributed by atoms with Crippen molar-refractivity contribution < 1.29 is 14.3 Å². The van der Waals surface area contributed by atoms with Crippen molar-refractivity contribution in [2.24, 2.45) is 5.41 Å². The van der Waals surface area contributed by atoms with Gasteiger partial charge in [0.25, 0.3) is 0 Å². The van der Waals surface area contributed by atoms with Crippen LogP contribution in [0.1, 0.15) is 55.7 Å². The van der Waals surface area contributed by atoms with Gasteiger partial charge in [0.05, 0.1) is 13.2 Å². The third kappa shape index (κ3) is 3.16. The lowest BCUT2D eigenvalue weighted by Gasteiger charge is -2.46. The molecular weight excluding hydrogens is 398 g/mol. The number of benzene rings is 2. The fourth-order valence-electron chi connectivity index (χ4n) is 5.71. The van der Waals surface area contributed by atoms with Gasteiger partial charge in [-0.15, -0.1) is 0 Å². The number of ketones is 1. The molecule has 0 fully saturated rings. The highest BCUT2D eigenvalue weighted by atomic mass is 16.5. The van der Waals surface area contributed by atoms with E-state index in [1.165, 1.54) is 28.1 Å². The van der Waals surface area contributed by atoms with E-state index in [9.17, 15) is 4.79 Å². The molecule has 3 heterocycles. The zero-order valence-electron chi connectivity index (χ0n) is 18.8. The van der Waals surface area contributed by atoms with Gasteiger partial charge < -0.3 is 14.4 Å². The molecule has 2 aromatic carbocycles. The van der Waals surface area contributed by atoms with E-state index < -0.39 is 0 Å². The first-order valence-corrected chi connectivity index (χ1v) is 11.7. The van der Waals surface area contributed by atoms with E-state index in [1.807, 2.05) is 6.07 Å². The van der Waals surface area contributed by atoms with E-state index in [1.54, 1.807) is 0 Å². The van der Waals surface area contributed by atoms with Crippen molar-refractivity contribution >= 4 is 11.5 Å². The molecule has 4 aliphatic rings. The number of hydrogen-bond donors (Lipinski definition) is 0. The van der Waals surface area contributed by atoms with Crippen molar-refractivity contribution in [1.29, 1.82) is 0 Å². The second-order valence-corrected chi connectivity index (χ2v) is 10.1. The zero-order valence-corrected chi connectivity index (χ0v) is 18.8. The van der Waals surface area contributed by atoms with E-state index in [2.05, 4.69) is 61.2 Å². The highest BCUT2D eigenvalue weighted by molar-refractivity contribution is 6.01. The topological polar surface area (TPSA) is 38.8 Å². The van der Waals surface area contributed by atoms with Crippen molar-refractivity contribution in [3.8, 4) is 11.5 Å². The van der Waals surface area contributed by atoms with Crippen LogP contribution in [0.4, 0.5) is 0 Å². The Bertz CT molecular complexity index is 1160. The SMILES string of the molecule is CC1(C)CC(=O)C2=C(C1)N1CCc3cc4c(cc3C1=CC2c1ccccc1)OCCCO4. The molecule has 1 aliphatic carbocycles. The third-order valence-electron chi connectivity index (χ3n) is 7.16. The van der Waals surface area contributed by atoms with Crippen molar-refractivity contribution in [3.63, 3.8) is 0 Å². The van der Waals surface area contributed by atoms with Gasteiger partial charge in [0, 0.05) is 47.8 Å². The molecule has 164 valence electrons. The van der Waals surface area contributed by atoms with Crippen LogP contribution in [0, 0.1) is 5.41 Å². The summed E-state index contributed by atoms with van der Waals surface area (Å²) in [5.74, 6) is 1.98. The van der Waals surface area contributed by atoms with Crippen molar-refractivity contribution in [3.05, 3.63) is 76.5 Å². The highest BCUT2D eigenvalue weighted by Crippen LogP contribution is 2.51. The molecule has 3 aliphatic heterocycles. The Morgan fingerprint density at radius 3 is 2.53 bits per heavy atom. The maximum Gasteiger partial charge on any atom is 0.162 e. The minimum Gasteiger partial charge on any atom is -0.490 e. The lowest BCUT2D eigenvalue weighted by Crippen LogP contribution is -2.40. The molecule has 0 aromatic heterocycles. The summed E-state index contributed by atoms with van der Waals surface area (Å²) in [4.78, 5) is 15.8. The van der Waals surface area contributed by atoms with Gasteiger partial charge in [-0.25, -0.2) is 0 Å². The number of ether oxygens (including phenoxy) is 2. The average Bonchev–Trinajstić information content (AvgIpc) is 3.01. The summed E-state index contributed by atoms with van der Waals surface area (Å²) in [5, 5.41) is 0. The second kappa shape index (κ2) is 7.26.